The summed E-state index contributed by atoms with van der Waals surface area (Å²) in [4.78, 5) is 58.5. The predicted molar refractivity (Wildman–Crippen MR) is 239 cm³/mol. The van der Waals surface area contributed by atoms with E-state index in [1.54, 1.807) is 32.6 Å². The number of likely N-dealkylation sites (N-methyl/N-ethyl adjacent to an activating group) is 2. The maximum atomic E-state index is 14.3. The van der Waals surface area contributed by atoms with Gasteiger partial charge in [0.15, 0.2) is 0 Å². The average molecular weight is 898 g/mol. The lowest BCUT2D eigenvalue weighted by Crippen LogP contribution is -2.58. The van der Waals surface area contributed by atoms with Gasteiger partial charge < -0.3 is 35.8 Å². The Balaban J connectivity index is 0.00000410. The van der Waals surface area contributed by atoms with Gasteiger partial charge in [-0.2, -0.15) is 0 Å². The van der Waals surface area contributed by atoms with Gasteiger partial charge in [-0.3, -0.25) is 19.2 Å². The molecule has 4 aromatic rings. The van der Waals surface area contributed by atoms with Crippen LogP contribution in [-0.2, 0) is 37.1 Å². The Kier molecular flexibility index (Phi) is 19.0. The second-order valence-electron chi connectivity index (χ2n) is 15.2. The lowest BCUT2D eigenvalue weighted by atomic mass is 9.99. The number of likely N-dealkylation sites (tertiary alicyclic amines) is 2. The molecule has 2 fully saturated rings. The van der Waals surface area contributed by atoms with Crippen LogP contribution in [0.2, 0.25) is 0 Å². The number of carbonyl (C=O) groups excluding carboxylic acids is 4. The second-order valence-corrected chi connectivity index (χ2v) is 16.2. The molecule has 3 aromatic carbocycles. The highest BCUT2D eigenvalue weighted by atomic mass is 35.5. The molecule has 61 heavy (non-hydrogen) atoms. The molecule has 2 aliphatic rings. The predicted octanol–water partition coefficient (Wildman–Crippen LogP) is 4.41. The third-order valence-corrected chi connectivity index (χ3v) is 12.2. The molecule has 15 nitrogen and oxygen atoms in total. The van der Waals surface area contributed by atoms with Crippen molar-refractivity contribution in [2.24, 2.45) is 0 Å². The summed E-state index contributed by atoms with van der Waals surface area (Å²) in [6.45, 7) is 7.91. The standard InChI is InChI=1S/C43H56N10O5S.2ClH/c1-28(44-4)39(54)46-37(42(57)52-25-11-12-35(52)26-53-43(48-49-50-53)59-36-13-7-6-8-14-36)30(3)58-27-31-15-17-32(18-16-31)33-19-21-34(22-20-33)38(47-40(55)29(2)45-5)41(56)51-23-9-10-24-51;;/h6-8,13-22,28-30,35,37-38,44-45H,9-12,23-27H2,1-5H3,(H,46,54)(H,47,55);2*1H/t28-,29+,30+,35-,37-,38+;;/m0../s1. The van der Waals surface area contributed by atoms with Crippen LogP contribution in [0.3, 0.4) is 0 Å². The van der Waals surface area contributed by atoms with Crippen molar-refractivity contribution in [2.45, 2.75) is 106 Å². The molecular formula is C43H58Cl2N10O5S. The van der Waals surface area contributed by atoms with Crippen LogP contribution in [0.25, 0.3) is 11.1 Å². The molecule has 6 atom stereocenters. The first kappa shape index (κ1) is 49.1. The van der Waals surface area contributed by atoms with E-state index in [9.17, 15) is 19.2 Å². The van der Waals surface area contributed by atoms with Gasteiger partial charge in [0.1, 0.15) is 12.1 Å². The Morgan fingerprint density at radius 2 is 1.38 bits per heavy atom. The van der Waals surface area contributed by atoms with Gasteiger partial charge in [0.2, 0.25) is 28.8 Å². The molecule has 0 aliphatic carbocycles. The molecule has 3 heterocycles. The molecule has 1 aromatic heterocycles. The number of hydrogen-bond donors (Lipinski definition) is 4. The Bertz CT molecular complexity index is 2020. The molecule has 4 amide bonds. The number of benzene rings is 3. The van der Waals surface area contributed by atoms with E-state index in [-0.39, 0.29) is 61.1 Å². The van der Waals surface area contributed by atoms with Crippen LogP contribution in [-0.4, -0.2) is 118 Å². The number of amides is 4. The van der Waals surface area contributed by atoms with E-state index in [2.05, 4.69) is 36.8 Å². The number of carbonyl (C=O) groups is 4. The summed E-state index contributed by atoms with van der Waals surface area (Å²) in [5, 5.41) is 24.8. The van der Waals surface area contributed by atoms with E-state index in [1.807, 2.05) is 95.6 Å². The fourth-order valence-corrected chi connectivity index (χ4v) is 8.05. The number of rotatable bonds is 18. The minimum Gasteiger partial charge on any atom is -0.371 e. The van der Waals surface area contributed by atoms with E-state index in [0.29, 0.717) is 31.3 Å². The maximum Gasteiger partial charge on any atom is 0.249 e. The summed E-state index contributed by atoms with van der Waals surface area (Å²) >= 11 is 1.46. The number of aromatic nitrogens is 4. The van der Waals surface area contributed by atoms with Gasteiger partial charge in [0.25, 0.3) is 0 Å². The number of tetrazole rings is 1. The molecule has 0 spiro atoms. The third-order valence-electron chi connectivity index (χ3n) is 11.2. The molecule has 0 bridgehead atoms. The maximum absolute atomic E-state index is 14.3. The van der Waals surface area contributed by atoms with E-state index < -0.39 is 30.3 Å². The van der Waals surface area contributed by atoms with E-state index in [4.69, 9.17) is 4.74 Å². The first-order valence-corrected chi connectivity index (χ1v) is 21.2. The number of halogens is 2. The first-order valence-electron chi connectivity index (χ1n) is 20.4. The van der Waals surface area contributed by atoms with Gasteiger partial charge in [-0.15, -0.1) is 29.9 Å². The van der Waals surface area contributed by atoms with E-state index >= 15 is 0 Å². The van der Waals surface area contributed by atoms with Gasteiger partial charge >= 0.3 is 0 Å². The molecule has 0 unspecified atom stereocenters. The molecule has 0 radical (unpaired) electrons. The van der Waals surface area contributed by atoms with E-state index in [1.165, 1.54) is 11.8 Å². The minimum absolute atomic E-state index is 0. The van der Waals surface area contributed by atoms with Crippen molar-refractivity contribution >= 4 is 60.2 Å². The zero-order valence-corrected chi connectivity index (χ0v) is 37.7. The van der Waals surface area contributed by atoms with Crippen molar-refractivity contribution in [3.8, 4) is 11.1 Å². The van der Waals surface area contributed by atoms with Crippen LogP contribution in [0.5, 0.6) is 0 Å². The summed E-state index contributed by atoms with van der Waals surface area (Å²) in [7, 11) is 3.41. The Morgan fingerprint density at radius 3 is 2.00 bits per heavy atom. The van der Waals surface area contributed by atoms with Gasteiger partial charge in [-0.05, 0) is 117 Å². The lowest BCUT2D eigenvalue weighted by Gasteiger charge is -2.32. The average Bonchev–Trinajstić information content (AvgIpc) is 4.07. The monoisotopic (exact) mass is 896 g/mol. The first-order chi connectivity index (χ1) is 28.6. The zero-order valence-electron chi connectivity index (χ0n) is 35.3. The van der Waals surface area contributed by atoms with E-state index in [0.717, 1.165) is 52.8 Å². The highest BCUT2D eigenvalue weighted by molar-refractivity contribution is 7.99. The van der Waals surface area contributed by atoms with Gasteiger partial charge in [0, 0.05) is 24.5 Å². The number of nitrogens with zero attached hydrogens (tertiary/aromatic N) is 6. The van der Waals surface area contributed by atoms with Crippen molar-refractivity contribution in [3.63, 3.8) is 0 Å². The van der Waals surface area contributed by atoms with Crippen molar-refractivity contribution in [3.05, 3.63) is 90.0 Å². The summed E-state index contributed by atoms with van der Waals surface area (Å²) < 4.78 is 8.06. The molecule has 330 valence electrons. The quantitative estimate of drug-likeness (QED) is 0.111. The summed E-state index contributed by atoms with van der Waals surface area (Å²) in [5.41, 5.74) is 3.55. The SMILES string of the molecule is CN[C@@H](C)C(=O)N[C@H](C(=O)N1CCC[C@H]1Cn1nnnc1Sc1ccccc1)[C@@H](C)OCc1ccc(-c2ccc([C@@H](NC(=O)[C@@H](C)NC)C(=O)N3CCCC3)cc2)cc1.Cl.Cl. The van der Waals surface area contributed by atoms with Crippen molar-refractivity contribution in [1.29, 1.82) is 0 Å². The second kappa shape index (κ2) is 23.6. The Hall–Kier alpha value is -4.58. The summed E-state index contributed by atoms with van der Waals surface area (Å²) in [5.74, 6) is -0.833. The molecule has 18 heteroatoms. The van der Waals surface area contributed by atoms with Crippen LogP contribution in [0.1, 0.15) is 63.6 Å². The highest BCUT2D eigenvalue weighted by Crippen LogP contribution is 2.28. The van der Waals surface area contributed by atoms with Crippen molar-refractivity contribution in [1.82, 2.24) is 51.3 Å². The molecule has 2 saturated heterocycles. The van der Waals surface area contributed by atoms with Crippen LogP contribution >= 0.6 is 36.6 Å². The fourth-order valence-electron chi connectivity index (χ4n) is 7.25. The number of hydrogen-bond acceptors (Lipinski definition) is 11. The topological polar surface area (TPSA) is 176 Å². The number of ether oxygens (including phenoxy) is 1. The lowest BCUT2D eigenvalue weighted by molar-refractivity contribution is -0.142. The summed E-state index contributed by atoms with van der Waals surface area (Å²) in [6, 6.07) is 22.7. The molecule has 0 saturated carbocycles. The smallest absolute Gasteiger partial charge is 0.249 e. The minimum atomic E-state index is -0.920. The fraction of sp³-hybridized carbons (Fsp3) is 0.465. The van der Waals surface area contributed by atoms with Crippen molar-refractivity contribution < 1.29 is 23.9 Å². The van der Waals surface area contributed by atoms with Crippen LogP contribution in [0.15, 0.2) is 88.9 Å². The Labute approximate surface area is 374 Å². The van der Waals surface area contributed by atoms with Crippen LogP contribution in [0.4, 0.5) is 0 Å². The number of nitrogens with one attached hydrogen (secondary N) is 4. The zero-order chi connectivity index (χ0) is 41.9. The molecule has 4 N–H and O–H groups in total. The van der Waals surface area contributed by atoms with Crippen molar-refractivity contribution in [2.75, 3.05) is 33.7 Å². The normalized spacial score (nSPS) is 17.3. The molecule has 6 rings (SSSR count). The Morgan fingerprint density at radius 1 is 0.770 bits per heavy atom. The molecular weight excluding hydrogens is 840 g/mol. The highest BCUT2D eigenvalue weighted by Gasteiger charge is 2.38. The van der Waals surface area contributed by atoms with Crippen LogP contribution in [0, 0.1) is 0 Å². The van der Waals surface area contributed by atoms with Gasteiger partial charge in [0.05, 0.1) is 37.4 Å². The third kappa shape index (κ3) is 12.7. The largest absolute Gasteiger partial charge is 0.371 e. The van der Waals surface area contributed by atoms with Gasteiger partial charge in [-0.25, -0.2) is 4.68 Å². The van der Waals surface area contributed by atoms with Crippen LogP contribution < -0.4 is 21.3 Å². The van der Waals surface area contributed by atoms with Gasteiger partial charge in [-0.1, -0.05) is 66.7 Å². The summed E-state index contributed by atoms with van der Waals surface area (Å²) in [6.07, 6.45) is 2.88. The molecule has 2 aliphatic heterocycles.